The van der Waals surface area contributed by atoms with Crippen molar-refractivity contribution in [3.8, 4) is 5.75 Å². The summed E-state index contributed by atoms with van der Waals surface area (Å²) in [4.78, 5) is 25.4. The first kappa shape index (κ1) is 16.9. The first-order valence-electron chi connectivity index (χ1n) is 7.41. The number of nitrogens with zero attached hydrogens (tertiary/aromatic N) is 2. The topological polar surface area (TPSA) is 60.8 Å². The van der Waals surface area contributed by atoms with E-state index in [0.29, 0.717) is 16.7 Å². The van der Waals surface area contributed by atoms with Gasteiger partial charge in [-0.1, -0.05) is 0 Å². The van der Waals surface area contributed by atoms with Gasteiger partial charge in [-0.2, -0.15) is 0 Å². The molecule has 6 nitrogen and oxygen atoms in total. The zero-order chi connectivity index (χ0) is 17.3. The monoisotopic (exact) mass is 318 g/mol. The number of esters is 1. The second kappa shape index (κ2) is 6.32. The maximum absolute atomic E-state index is 12.4. The van der Waals surface area contributed by atoms with Crippen LogP contribution < -0.4 is 4.74 Å². The summed E-state index contributed by atoms with van der Waals surface area (Å²) >= 11 is 0. The van der Waals surface area contributed by atoms with Crippen LogP contribution in [0.15, 0.2) is 18.2 Å². The van der Waals surface area contributed by atoms with Gasteiger partial charge < -0.3 is 18.9 Å². The lowest BCUT2D eigenvalue weighted by Gasteiger charge is -2.11. The van der Waals surface area contributed by atoms with Gasteiger partial charge in [0.15, 0.2) is 0 Å². The van der Waals surface area contributed by atoms with Crippen LogP contribution in [0.5, 0.6) is 5.75 Å². The van der Waals surface area contributed by atoms with Gasteiger partial charge in [0.05, 0.1) is 11.7 Å². The largest absolute Gasteiger partial charge is 0.459 e. The Bertz CT molecular complexity index is 760. The van der Waals surface area contributed by atoms with E-state index in [9.17, 15) is 9.59 Å². The second-order valence-electron chi connectivity index (χ2n) is 5.91. The van der Waals surface area contributed by atoms with Crippen LogP contribution in [0.2, 0.25) is 0 Å². The van der Waals surface area contributed by atoms with Gasteiger partial charge >= 0.3 is 12.1 Å². The average molecular weight is 318 g/mol. The first-order chi connectivity index (χ1) is 10.7. The van der Waals surface area contributed by atoms with Crippen molar-refractivity contribution in [1.82, 2.24) is 9.47 Å². The van der Waals surface area contributed by atoms with E-state index in [1.165, 1.54) is 4.90 Å². The van der Waals surface area contributed by atoms with Crippen LogP contribution >= 0.6 is 0 Å². The van der Waals surface area contributed by atoms with Gasteiger partial charge in [0.25, 0.3) is 0 Å². The fraction of sp³-hybridized carbons (Fsp3) is 0.412. The highest BCUT2D eigenvalue weighted by Gasteiger charge is 2.21. The molecular formula is C17H22N2O4. The van der Waals surface area contributed by atoms with Crippen LogP contribution in [0.3, 0.4) is 0 Å². The highest BCUT2D eigenvalue weighted by Crippen LogP contribution is 2.29. The summed E-state index contributed by atoms with van der Waals surface area (Å²) < 4.78 is 12.5. The van der Waals surface area contributed by atoms with E-state index in [1.807, 2.05) is 38.5 Å². The van der Waals surface area contributed by atoms with E-state index in [4.69, 9.17) is 9.47 Å². The van der Waals surface area contributed by atoms with E-state index >= 15 is 0 Å². The van der Waals surface area contributed by atoms with Gasteiger partial charge in [0, 0.05) is 37.7 Å². The predicted octanol–water partition coefficient (Wildman–Crippen LogP) is 3.11. The van der Waals surface area contributed by atoms with Crippen LogP contribution in [0.25, 0.3) is 10.9 Å². The SMILES string of the molecule is Cc1c(C(=O)OC(C)C)c2cc(OC(=O)N(C)C)ccc2n1C. The highest BCUT2D eigenvalue weighted by atomic mass is 16.6. The van der Waals surface area contributed by atoms with Gasteiger partial charge in [0.2, 0.25) is 0 Å². The van der Waals surface area contributed by atoms with Crippen molar-refractivity contribution in [1.29, 1.82) is 0 Å². The zero-order valence-corrected chi connectivity index (χ0v) is 14.3. The smallest absolute Gasteiger partial charge is 0.414 e. The summed E-state index contributed by atoms with van der Waals surface area (Å²) in [6.07, 6.45) is -0.671. The van der Waals surface area contributed by atoms with Crippen molar-refractivity contribution in [2.75, 3.05) is 14.1 Å². The van der Waals surface area contributed by atoms with E-state index in [1.54, 1.807) is 26.2 Å². The minimum atomic E-state index is -0.469. The van der Waals surface area contributed by atoms with E-state index < -0.39 is 6.09 Å². The molecule has 0 aliphatic carbocycles. The first-order valence-corrected chi connectivity index (χ1v) is 7.41. The highest BCUT2D eigenvalue weighted by molar-refractivity contribution is 6.06. The maximum Gasteiger partial charge on any atom is 0.414 e. The molecule has 1 amide bonds. The van der Waals surface area contributed by atoms with Crippen molar-refractivity contribution in [3.63, 3.8) is 0 Å². The normalized spacial score (nSPS) is 10.9. The molecule has 0 saturated carbocycles. The fourth-order valence-corrected chi connectivity index (χ4v) is 2.34. The number of carbonyl (C=O) groups is 2. The zero-order valence-electron chi connectivity index (χ0n) is 14.3. The van der Waals surface area contributed by atoms with Crippen molar-refractivity contribution < 1.29 is 19.1 Å². The molecule has 0 aliphatic rings. The molecule has 0 fully saturated rings. The number of ether oxygens (including phenoxy) is 2. The molecule has 0 radical (unpaired) electrons. The molecule has 23 heavy (non-hydrogen) atoms. The standard InChI is InChI=1S/C17H22N2O4/c1-10(2)22-16(20)15-11(3)19(6)14-8-7-12(9-13(14)15)23-17(21)18(4)5/h7-10H,1-6H3. The Morgan fingerprint density at radius 1 is 1.22 bits per heavy atom. The summed E-state index contributed by atoms with van der Waals surface area (Å²) in [5.41, 5.74) is 2.18. The molecule has 0 atom stereocenters. The van der Waals surface area contributed by atoms with E-state index in [2.05, 4.69) is 0 Å². The molecular weight excluding hydrogens is 296 g/mol. The van der Waals surface area contributed by atoms with Gasteiger partial charge in [-0.25, -0.2) is 9.59 Å². The minimum Gasteiger partial charge on any atom is -0.459 e. The number of hydrogen-bond donors (Lipinski definition) is 0. The lowest BCUT2D eigenvalue weighted by atomic mass is 10.1. The Kier molecular flexibility index (Phi) is 4.63. The average Bonchev–Trinajstić information content (AvgIpc) is 2.69. The molecule has 0 unspecified atom stereocenters. The van der Waals surface area contributed by atoms with Crippen molar-refractivity contribution in [2.45, 2.75) is 26.9 Å². The molecule has 0 bridgehead atoms. The number of aryl methyl sites for hydroxylation is 1. The number of hydrogen-bond acceptors (Lipinski definition) is 4. The molecule has 1 heterocycles. The predicted molar refractivity (Wildman–Crippen MR) is 87.9 cm³/mol. The number of rotatable bonds is 3. The number of aromatic nitrogens is 1. The minimum absolute atomic E-state index is 0.202. The summed E-state index contributed by atoms with van der Waals surface area (Å²) in [6.45, 7) is 5.48. The Hall–Kier alpha value is -2.50. The third-order valence-corrected chi connectivity index (χ3v) is 3.58. The lowest BCUT2D eigenvalue weighted by molar-refractivity contribution is 0.0379. The van der Waals surface area contributed by atoms with Gasteiger partial charge in [-0.3, -0.25) is 0 Å². The van der Waals surface area contributed by atoms with Gasteiger partial charge in [-0.15, -0.1) is 0 Å². The van der Waals surface area contributed by atoms with Crippen LogP contribution in [-0.2, 0) is 11.8 Å². The molecule has 0 spiro atoms. The summed E-state index contributed by atoms with van der Waals surface area (Å²) in [5.74, 6) is 0.0135. The van der Waals surface area contributed by atoms with Crippen LogP contribution in [0.1, 0.15) is 29.9 Å². The fourth-order valence-electron chi connectivity index (χ4n) is 2.34. The Labute approximate surface area is 135 Å². The Morgan fingerprint density at radius 3 is 2.43 bits per heavy atom. The molecule has 1 aromatic heterocycles. The second-order valence-corrected chi connectivity index (χ2v) is 5.91. The van der Waals surface area contributed by atoms with Crippen LogP contribution in [-0.4, -0.2) is 41.7 Å². The Balaban J connectivity index is 2.51. The summed E-state index contributed by atoms with van der Waals surface area (Å²) in [7, 11) is 5.10. The summed E-state index contributed by atoms with van der Waals surface area (Å²) in [5, 5.41) is 0.708. The van der Waals surface area contributed by atoms with E-state index in [0.717, 1.165) is 11.2 Å². The van der Waals surface area contributed by atoms with Crippen LogP contribution in [0.4, 0.5) is 4.79 Å². The Morgan fingerprint density at radius 2 is 1.87 bits per heavy atom. The van der Waals surface area contributed by atoms with E-state index in [-0.39, 0.29) is 12.1 Å². The number of carbonyl (C=O) groups excluding carboxylic acids is 2. The number of fused-ring (bicyclic) bond motifs is 1. The van der Waals surface area contributed by atoms with Crippen molar-refractivity contribution in [2.24, 2.45) is 7.05 Å². The molecule has 1 aromatic carbocycles. The molecule has 0 saturated heterocycles. The third-order valence-electron chi connectivity index (χ3n) is 3.58. The van der Waals surface area contributed by atoms with Gasteiger partial charge in [0.1, 0.15) is 5.75 Å². The van der Waals surface area contributed by atoms with Gasteiger partial charge in [-0.05, 0) is 39.0 Å². The third kappa shape index (κ3) is 3.31. The van der Waals surface area contributed by atoms with Crippen molar-refractivity contribution in [3.05, 3.63) is 29.5 Å². The number of benzene rings is 1. The quantitative estimate of drug-likeness (QED) is 0.816. The molecule has 2 rings (SSSR count). The molecule has 2 aromatic rings. The number of amides is 1. The maximum atomic E-state index is 12.4. The van der Waals surface area contributed by atoms with Crippen molar-refractivity contribution >= 4 is 23.0 Å². The summed E-state index contributed by atoms with van der Waals surface area (Å²) in [6, 6.07) is 5.23. The van der Waals surface area contributed by atoms with Crippen LogP contribution in [0, 0.1) is 6.92 Å². The molecule has 124 valence electrons. The lowest BCUT2D eigenvalue weighted by Crippen LogP contribution is -2.25. The molecule has 0 aliphatic heterocycles. The molecule has 6 heteroatoms. The molecule has 0 N–H and O–H groups in total.